The van der Waals surface area contributed by atoms with Crippen LogP contribution >= 0.6 is 0 Å². The average Bonchev–Trinajstić information content (AvgIpc) is 2.41. The Morgan fingerprint density at radius 3 is 2.30 bits per heavy atom. The minimum Gasteiger partial charge on any atom is -0.307 e. The molecule has 1 aromatic carbocycles. The van der Waals surface area contributed by atoms with Crippen LogP contribution in [0.5, 0.6) is 0 Å². The summed E-state index contributed by atoms with van der Waals surface area (Å²) in [7, 11) is 0. The van der Waals surface area contributed by atoms with Crippen molar-refractivity contribution in [3.05, 3.63) is 29.8 Å². The van der Waals surface area contributed by atoms with Crippen LogP contribution in [0.4, 0.5) is 10.5 Å². The Balaban J connectivity index is 2.57. The molecule has 0 aliphatic heterocycles. The molecule has 1 rings (SSSR count). The molecule has 5 heteroatoms. The van der Waals surface area contributed by atoms with Gasteiger partial charge in [0, 0.05) is 18.7 Å². The standard InChI is InChI=1S/C15H23N3O2/c1-4-6-14(19)18(11-5-2)17-15(20)16-13-9-7-12(3)8-10-13/h7-10H,4-6,11H2,1-3H3,(H2,16,17,20). The maximum absolute atomic E-state index is 11.9. The minimum atomic E-state index is -0.397. The van der Waals surface area contributed by atoms with Gasteiger partial charge in [0.15, 0.2) is 0 Å². The lowest BCUT2D eigenvalue weighted by Crippen LogP contribution is -2.48. The summed E-state index contributed by atoms with van der Waals surface area (Å²) < 4.78 is 0. The molecule has 1 aromatic rings. The van der Waals surface area contributed by atoms with E-state index in [1.807, 2.05) is 45.0 Å². The van der Waals surface area contributed by atoms with Gasteiger partial charge in [-0.1, -0.05) is 31.5 Å². The van der Waals surface area contributed by atoms with Crippen molar-refractivity contribution in [3.8, 4) is 0 Å². The molecule has 0 saturated carbocycles. The number of rotatable bonds is 5. The number of carbonyl (C=O) groups excluding carboxylic acids is 2. The number of nitrogens with zero attached hydrogens (tertiary/aromatic N) is 1. The van der Waals surface area contributed by atoms with Crippen molar-refractivity contribution in [2.45, 2.75) is 40.0 Å². The van der Waals surface area contributed by atoms with E-state index >= 15 is 0 Å². The quantitative estimate of drug-likeness (QED) is 0.812. The molecule has 2 N–H and O–H groups in total. The molecule has 0 atom stereocenters. The molecular weight excluding hydrogens is 254 g/mol. The summed E-state index contributed by atoms with van der Waals surface area (Å²) in [5.41, 5.74) is 4.43. The van der Waals surface area contributed by atoms with E-state index in [1.165, 1.54) is 5.01 Å². The predicted molar refractivity (Wildman–Crippen MR) is 80.2 cm³/mol. The van der Waals surface area contributed by atoms with E-state index in [0.29, 0.717) is 18.7 Å². The maximum atomic E-state index is 11.9. The third kappa shape index (κ3) is 5.30. The Hall–Kier alpha value is -2.04. The summed E-state index contributed by atoms with van der Waals surface area (Å²) in [6, 6.07) is 7.09. The van der Waals surface area contributed by atoms with Gasteiger partial charge in [0.25, 0.3) is 0 Å². The zero-order chi connectivity index (χ0) is 15.0. The number of aryl methyl sites for hydroxylation is 1. The lowest BCUT2D eigenvalue weighted by Gasteiger charge is -2.22. The first-order valence-corrected chi connectivity index (χ1v) is 7.01. The van der Waals surface area contributed by atoms with E-state index in [-0.39, 0.29) is 5.91 Å². The van der Waals surface area contributed by atoms with Gasteiger partial charge < -0.3 is 5.32 Å². The SMILES string of the molecule is CCCC(=O)N(CCC)NC(=O)Nc1ccc(C)cc1. The Morgan fingerprint density at radius 2 is 1.75 bits per heavy atom. The highest BCUT2D eigenvalue weighted by Gasteiger charge is 2.14. The molecule has 110 valence electrons. The van der Waals surface area contributed by atoms with Crippen molar-refractivity contribution in [1.82, 2.24) is 10.4 Å². The number of anilines is 1. The molecule has 0 fully saturated rings. The molecule has 0 bridgehead atoms. The van der Waals surface area contributed by atoms with Crippen molar-refractivity contribution in [3.63, 3.8) is 0 Å². The summed E-state index contributed by atoms with van der Waals surface area (Å²) in [6.07, 6.45) is 1.99. The normalized spacial score (nSPS) is 9.95. The largest absolute Gasteiger partial charge is 0.338 e. The van der Waals surface area contributed by atoms with Crippen molar-refractivity contribution in [2.24, 2.45) is 0 Å². The van der Waals surface area contributed by atoms with Gasteiger partial charge in [0.1, 0.15) is 0 Å². The fraction of sp³-hybridized carbons (Fsp3) is 0.467. The maximum Gasteiger partial charge on any atom is 0.338 e. The predicted octanol–water partition coefficient (Wildman–Crippen LogP) is 3.07. The lowest BCUT2D eigenvalue weighted by molar-refractivity contribution is -0.133. The Bertz CT molecular complexity index is 443. The summed E-state index contributed by atoms with van der Waals surface area (Å²) in [4.78, 5) is 23.7. The number of carbonyl (C=O) groups is 2. The smallest absolute Gasteiger partial charge is 0.307 e. The number of hydrogen-bond donors (Lipinski definition) is 2. The topological polar surface area (TPSA) is 61.4 Å². The minimum absolute atomic E-state index is 0.0617. The van der Waals surface area contributed by atoms with Crippen LogP contribution in [0.1, 0.15) is 38.7 Å². The summed E-state index contributed by atoms with van der Waals surface area (Å²) in [5, 5.41) is 4.09. The van der Waals surface area contributed by atoms with E-state index in [4.69, 9.17) is 0 Å². The fourth-order valence-electron chi connectivity index (χ4n) is 1.73. The van der Waals surface area contributed by atoms with E-state index < -0.39 is 6.03 Å². The number of urea groups is 1. The van der Waals surface area contributed by atoms with Crippen LogP contribution in [0.3, 0.4) is 0 Å². The van der Waals surface area contributed by atoms with E-state index in [1.54, 1.807) is 0 Å². The number of nitrogens with one attached hydrogen (secondary N) is 2. The van der Waals surface area contributed by atoms with Crippen LogP contribution in [0, 0.1) is 6.92 Å². The number of amides is 3. The summed E-state index contributed by atoms with van der Waals surface area (Å²) in [5.74, 6) is -0.0617. The third-order valence-electron chi connectivity index (χ3n) is 2.76. The second kappa shape index (κ2) is 8.19. The molecule has 0 spiro atoms. The van der Waals surface area contributed by atoms with Gasteiger partial charge in [0.2, 0.25) is 5.91 Å². The second-order valence-corrected chi connectivity index (χ2v) is 4.73. The fourth-order valence-corrected chi connectivity index (χ4v) is 1.73. The third-order valence-corrected chi connectivity index (χ3v) is 2.76. The zero-order valence-corrected chi connectivity index (χ0v) is 12.4. The van der Waals surface area contributed by atoms with Crippen molar-refractivity contribution < 1.29 is 9.59 Å². The highest BCUT2D eigenvalue weighted by molar-refractivity contribution is 5.90. The molecule has 0 aliphatic rings. The van der Waals surface area contributed by atoms with E-state index in [2.05, 4.69) is 10.7 Å². The Kier molecular flexibility index (Phi) is 6.56. The van der Waals surface area contributed by atoms with Crippen LogP contribution in [0.2, 0.25) is 0 Å². The lowest BCUT2D eigenvalue weighted by atomic mass is 10.2. The van der Waals surface area contributed by atoms with Gasteiger partial charge in [0.05, 0.1) is 0 Å². The van der Waals surface area contributed by atoms with Gasteiger partial charge in [-0.3, -0.25) is 9.80 Å². The van der Waals surface area contributed by atoms with Gasteiger partial charge in [-0.15, -0.1) is 0 Å². The van der Waals surface area contributed by atoms with Crippen LogP contribution in [0.15, 0.2) is 24.3 Å². The molecule has 5 nitrogen and oxygen atoms in total. The molecule has 0 radical (unpaired) electrons. The van der Waals surface area contributed by atoms with Crippen LogP contribution in [0.25, 0.3) is 0 Å². The molecular formula is C15H23N3O2. The van der Waals surface area contributed by atoms with Crippen molar-refractivity contribution >= 4 is 17.6 Å². The average molecular weight is 277 g/mol. The molecule has 0 heterocycles. The van der Waals surface area contributed by atoms with Crippen LogP contribution < -0.4 is 10.7 Å². The molecule has 3 amide bonds. The van der Waals surface area contributed by atoms with E-state index in [9.17, 15) is 9.59 Å². The summed E-state index contributed by atoms with van der Waals surface area (Å²) in [6.45, 7) is 6.40. The number of hydrogen-bond acceptors (Lipinski definition) is 2. The first-order valence-electron chi connectivity index (χ1n) is 7.01. The zero-order valence-electron chi connectivity index (χ0n) is 12.4. The highest BCUT2D eigenvalue weighted by atomic mass is 16.2. The highest BCUT2D eigenvalue weighted by Crippen LogP contribution is 2.08. The van der Waals surface area contributed by atoms with Gasteiger partial charge >= 0.3 is 6.03 Å². The van der Waals surface area contributed by atoms with E-state index in [0.717, 1.165) is 18.4 Å². The second-order valence-electron chi connectivity index (χ2n) is 4.73. The monoisotopic (exact) mass is 277 g/mol. The van der Waals surface area contributed by atoms with Crippen LogP contribution in [-0.2, 0) is 4.79 Å². The summed E-state index contributed by atoms with van der Waals surface area (Å²) >= 11 is 0. The number of hydrazine groups is 1. The molecule has 0 saturated heterocycles. The molecule has 0 unspecified atom stereocenters. The van der Waals surface area contributed by atoms with Crippen molar-refractivity contribution in [2.75, 3.05) is 11.9 Å². The molecule has 0 aliphatic carbocycles. The first kappa shape index (κ1) is 16.0. The molecule has 0 aromatic heterocycles. The van der Waals surface area contributed by atoms with Crippen molar-refractivity contribution in [1.29, 1.82) is 0 Å². The van der Waals surface area contributed by atoms with Gasteiger partial charge in [-0.25, -0.2) is 10.2 Å². The Morgan fingerprint density at radius 1 is 1.10 bits per heavy atom. The Labute approximate surface area is 120 Å². The molecule has 20 heavy (non-hydrogen) atoms. The first-order chi connectivity index (χ1) is 9.56. The number of benzene rings is 1. The van der Waals surface area contributed by atoms with Crippen LogP contribution in [-0.4, -0.2) is 23.5 Å². The van der Waals surface area contributed by atoms with Gasteiger partial charge in [-0.2, -0.15) is 0 Å². The van der Waals surface area contributed by atoms with Gasteiger partial charge in [-0.05, 0) is 31.9 Å².